The van der Waals surface area contributed by atoms with Crippen molar-refractivity contribution in [3.05, 3.63) is 40.7 Å². The molecule has 0 bridgehead atoms. The Morgan fingerprint density at radius 3 is 2.81 bits per heavy atom. The van der Waals surface area contributed by atoms with E-state index in [1.807, 2.05) is 0 Å². The predicted molar refractivity (Wildman–Crippen MR) is 75.2 cm³/mol. The molecule has 0 unspecified atom stereocenters. The number of esters is 1. The highest BCUT2D eigenvalue weighted by Crippen LogP contribution is 2.27. The van der Waals surface area contributed by atoms with Gasteiger partial charge in [0.2, 0.25) is 0 Å². The molecule has 0 aromatic carbocycles. The summed E-state index contributed by atoms with van der Waals surface area (Å²) in [6.45, 7) is 1.21. The highest BCUT2D eigenvalue weighted by atomic mass is 32.1. The van der Waals surface area contributed by atoms with Crippen LogP contribution >= 0.6 is 11.3 Å². The Balaban J connectivity index is 2.06. The average molecular weight is 308 g/mol. The Kier molecular flexibility index (Phi) is 4.39. The molecule has 0 aliphatic heterocycles. The third-order valence-electron chi connectivity index (χ3n) is 2.43. The predicted octanol–water partition coefficient (Wildman–Crippen LogP) is 1.54. The fourth-order valence-corrected chi connectivity index (χ4v) is 2.49. The Labute approximate surface area is 123 Å². The first-order valence-electron chi connectivity index (χ1n) is 5.88. The van der Waals surface area contributed by atoms with Gasteiger partial charge in [0.15, 0.2) is 12.4 Å². The van der Waals surface area contributed by atoms with E-state index >= 15 is 0 Å². The molecule has 3 N–H and O–H groups in total. The number of carbonyl (C=O) groups excluding carboxylic acids is 3. The van der Waals surface area contributed by atoms with Crippen LogP contribution in [-0.4, -0.2) is 24.4 Å². The zero-order valence-electron chi connectivity index (χ0n) is 11.0. The van der Waals surface area contributed by atoms with Gasteiger partial charge in [-0.3, -0.25) is 9.59 Å². The Bertz CT molecular complexity index is 675. The molecular formula is C13H12N2O5S. The minimum absolute atomic E-state index is 0.166. The Hall–Kier alpha value is -2.61. The van der Waals surface area contributed by atoms with Gasteiger partial charge in [0.25, 0.3) is 11.8 Å². The largest absolute Gasteiger partial charge is 0.459 e. The molecule has 8 heteroatoms. The number of nitrogens with one attached hydrogen (secondary N) is 1. The average Bonchev–Trinajstić information content (AvgIpc) is 3.05. The second kappa shape index (κ2) is 6.23. The summed E-state index contributed by atoms with van der Waals surface area (Å²) in [7, 11) is 0. The maximum atomic E-state index is 11.8. The molecule has 2 rings (SSSR count). The number of amides is 2. The normalized spacial score (nSPS) is 10.1. The van der Waals surface area contributed by atoms with Crippen LogP contribution in [-0.2, 0) is 9.53 Å². The van der Waals surface area contributed by atoms with Gasteiger partial charge < -0.3 is 20.2 Å². The third kappa shape index (κ3) is 3.69. The van der Waals surface area contributed by atoms with Crippen LogP contribution in [0.2, 0.25) is 0 Å². The number of primary amides is 1. The summed E-state index contributed by atoms with van der Waals surface area (Å²) >= 11 is 1.04. The first kappa shape index (κ1) is 14.8. The molecular weight excluding hydrogens is 296 g/mol. The molecule has 0 radical (unpaired) electrons. The smallest absolute Gasteiger partial charge is 0.349 e. The van der Waals surface area contributed by atoms with Crippen molar-refractivity contribution in [2.75, 3.05) is 11.9 Å². The lowest BCUT2D eigenvalue weighted by Gasteiger charge is -2.00. The number of ether oxygens (including phenoxy) is 1. The van der Waals surface area contributed by atoms with E-state index in [4.69, 9.17) is 14.9 Å². The molecule has 0 spiro atoms. The highest BCUT2D eigenvalue weighted by Gasteiger charge is 2.18. The van der Waals surface area contributed by atoms with Crippen LogP contribution in [0.15, 0.2) is 28.9 Å². The molecule has 0 aliphatic carbocycles. The van der Waals surface area contributed by atoms with Crippen molar-refractivity contribution in [3.8, 4) is 0 Å². The second-order valence-corrected chi connectivity index (χ2v) is 5.15. The molecule has 2 aromatic heterocycles. The van der Waals surface area contributed by atoms with Crippen molar-refractivity contribution in [2.45, 2.75) is 6.92 Å². The topological polar surface area (TPSA) is 112 Å². The monoisotopic (exact) mass is 308 g/mol. The van der Waals surface area contributed by atoms with Gasteiger partial charge in [-0.05, 0) is 30.7 Å². The van der Waals surface area contributed by atoms with E-state index in [1.165, 1.54) is 12.3 Å². The van der Waals surface area contributed by atoms with E-state index in [0.717, 1.165) is 11.3 Å². The van der Waals surface area contributed by atoms with Gasteiger partial charge in [0, 0.05) is 0 Å². The molecule has 7 nitrogen and oxygen atoms in total. The van der Waals surface area contributed by atoms with E-state index in [-0.39, 0.29) is 5.76 Å². The van der Waals surface area contributed by atoms with E-state index in [1.54, 1.807) is 19.1 Å². The Morgan fingerprint density at radius 1 is 1.43 bits per heavy atom. The van der Waals surface area contributed by atoms with Crippen LogP contribution in [0.3, 0.4) is 0 Å². The third-order valence-corrected chi connectivity index (χ3v) is 3.56. The second-order valence-electron chi connectivity index (χ2n) is 4.10. The number of hydrogen-bond donors (Lipinski definition) is 2. The maximum Gasteiger partial charge on any atom is 0.349 e. The summed E-state index contributed by atoms with van der Waals surface area (Å²) in [5.41, 5.74) is 5.53. The summed E-state index contributed by atoms with van der Waals surface area (Å²) in [5.74, 6) is -1.64. The van der Waals surface area contributed by atoms with Gasteiger partial charge in [-0.1, -0.05) is 0 Å². The molecule has 2 heterocycles. The molecule has 110 valence electrons. The van der Waals surface area contributed by atoms with E-state index < -0.39 is 24.4 Å². The van der Waals surface area contributed by atoms with Gasteiger partial charge in [0.1, 0.15) is 4.88 Å². The molecule has 0 saturated carbocycles. The number of nitrogens with two attached hydrogens (primary N) is 1. The van der Waals surface area contributed by atoms with Gasteiger partial charge in [-0.25, -0.2) is 4.79 Å². The van der Waals surface area contributed by atoms with Crippen LogP contribution < -0.4 is 11.1 Å². The van der Waals surface area contributed by atoms with Crippen molar-refractivity contribution in [3.63, 3.8) is 0 Å². The number of hydrogen-bond acceptors (Lipinski definition) is 6. The van der Waals surface area contributed by atoms with Crippen LogP contribution in [0.25, 0.3) is 0 Å². The van der Waals surface area contributed by atoms with Gasteiger partial charge >= 0.3 is 5.97 Å². The SMILES string of the molecule is Cc1cc(NC(=O)c2ccco2)sc1C(=O)OCC(N)=O. The fraction of sp³-hybridized carbons (Fsp3) is 0.154. The lowest BCUT2D eigenvalue weighted by molar-refractivity contribution is -0.121. The summed E-state index contributed by atoms with van der Waals surface area (Å²) < 4.78 is 9.69. The van der Waals surface area contributed by atoms with Crippen LogP contribution in [0.4, 0.5) is 5.00 Å². The summed E-state index contributed by atoms with van der Waals surface area (Å²) in [6, 6.07) is 4.76. The van der Waals surface area contributed by atoms with E-state index in [2.05, 4.69) is 5.32 Å². The molecule has 0 aliphatic rings. The standard InChI is InChI=1S/C13H12N2O5S/c1-7-5-10(15-12(17)8-3-2-4-19-8)21-11(7)13(18)20-6-9(14)16/h2-5H,6H2,1H3,(H2,14,16)(H,15,17). The van der Waals surface area contributed by atoms with Gasteiger partial charge in [-0.15, -0.1) is 11.3 Å². The summed E-state index contributed by atoms with van der Waals surface area (Å²) in [4.78, 5) is 34.4. The van der Waals surface area contributed by atoms with Gasteiger partial charge in [-0.2, -0.15) is 0 Å². The minimum atomic E-state index is -0.732. The molecule has 0 saturated heterocycles. The van der Waals surface area contributed by atoms with Crippen molar-refractivity contribution in [2.24, 2.45) is 5.73 Å². The lowest BCUT2D eigenvalue weighted by atomic mass is 10.3. The molecule has 21 heavy (non-hydrogen) atoms. The van der Waals surface area contributed by atoms with Crippen molar-refractivity contribution in [1.82, 2.24) is 0 Å². The maximum absolute atomic E-state index is 11.8. The van der Waals surface area contributed by atoms with E-state index in [9.17, 15) is 14.4 Å². The van der Waals surface area contributed by atoms with Crippen molar-refractivity contribution < 1.29 is 23.5 Å². The van der Waals surface area contributed by atoms with Crippen molar-refractivity contribution >= 4 is 34.1 Å². The zero-order chi connectivity index (χ0) is 15.4. The quantitative estimate of drug-likeness (QED) is 0.814. The van der Waals surface area contributed by atoms with Crippen LogP contribution in [0.1, 0.15) is 25.8 Å². The molecule has 0 atom stereocenters. The van der Waals surface area contributed by atoms with E-state index in [0.29, 0.717) is 15.4 Å². The zero-order valence-corrected chi connectivity index (χ0v) is 11.9. The number of anilines is 1. The van der Waals surface area contributed by atoms with Crippen LogP contribution in [0.5, 0.6) is 0 Å². The first-order valence-corrected chi connectivity index (χ1v) is 6.69. The highest BCUT2D eigenvalue weighted by molar-refractivity contribution is 7.18. The van der Waals surface area contributed by atoms with Crippen molar-refractivity contribution in [1.29, 1.82) is 0 Å². The molecule has 0 fully saturated rings. The number of aryl methyl sites for hydroxylation is 1. The van der Waals surface area contributed by atoms with Crippen LogP contribution in [0, 0.1) is 6.92 Å². The fourth-order valence-electron chi connectivity index (χ4n) is 1.53. The minimum Gasteiger partial charge on any atom is -0.459 e. The number of thiophene rings is 1. The Morgan fingerprint density at radius 2 is 2.19 bits per heavy atom. The first-order chi connectivity index (χ1) is 9.97. The molecule has 2 amide bonds. The summed E-state index contributed by atoms with van der Waals surface area (Å²) in [5, 5.41) is 3.08. The number of furan rings is 1. The lowest BCUT2D eigenvalue weighted by Crippen LogP contribution is -2.20. The van der Waals surface area contributed by atoms with Gasteiger partial charge in [0.05, 0.1) is 11.3 Å². The number of rotatable bonds is 5. The molecule has 2 aromatic rings. The number of carbonyl (C=O) groups is 3. The summed E-state index contributed by atoms with van der Waals surface area (Å²) in [6.07, 6.45) is 1.39.